The first-order valence-corrected chi connectivity index (χ1v) is 6.18. The third-order valence-electron chi connectivity index (χ3n) is 2.75. The standard InChI is InChI=1S/C13H14N4O4/c1-8(18)11(13(20)21)15-12(19)10-7-14-17(16-10)9-5-3-2-4-6-9/h2-8,11,18H,1H3,(H,15,19)(H,20,21). The van der Waals surface area contributed by atoms with Crippen molar-refractivity contribution in [1.82, 2.24) is 20.3 Å². The lowest BCUT2D eigenvalue weighted by molar-refractivity contribution is -0.141. The molecule has 1 amide bonds. The van der Waals surface area contributed by atoms with E-state index in [2.05, 4.69) is 15.5 Å². The summed E-state index contributed by atoms with van der Waals surface area (Å²) in [5, 5.41) is 28.3. The topological polar surface area (TPSA) is 117 Å². The number of aliphatic hydroxyl groups is 1. The molecule has 8 heteroatoms. The smallest absolute Gasteiger partial charge is 0.328 e. The minimum absolute atomic E-state index is 0.0363. The van der Waals surface area contributed by atoms with Crippen LogP contribution in [0.25, 0.3) is 5.69 Å². The van der Waals surface area contributed by atoms with Crippen molar-refractivity contribution in [3.05, 3.63) is 42.2 Å². The van der Waals surface area contributed by atoms with E-state index >= 15 is 0 Å². The van der Waals surface area contributed by atoms with E-state index in [0.717, 1.165) is 0 Å². The van der Waals surface area contributed by atoms with E-state index in [1.54, 1.807) is 24.3 Å². The fourth-order valence-corrected chi connectivity index (χ4v) is 1.66. The number of amides is 1. The number of hydrogen-bond donors (Lipinski definition) is 3. The second-order valence-corrected chi connectivity index (χ2v) is 4.38. The van der Waals surface area contributed by atoms with Crippen molar-refractivity contribution in [2.75, 3.05) is 0 Å². The summed E-state index contributed by atoms with van der Waals surface area (Å²) in [7, 11) is 0. The number of carbonyl (C=O) groups excluding carboxylic acids is 1. The molecule has 2 unspecified atom stereocenters. The van der Waals surface area contributed by atoms with Crippen LogP contribution in [0.15, 0.2) is 36.5 Å². The molecule has 2 rings (SSSR count). The number of hydrogen-bond acceptors (Lipinski definition) is 5. The molecule has 21 heavy (non-hydrogen) atoms. The zero-order chi connectivity index (χ0) is 15.4. The minimum Gasteiger partial charge on any atom is -0.480 e. The van der Waals surface area contributed by atoms with Gasteiger partial charge in [-0.25, -0.2) is 4.79 Å². The Hall–Kier alpha value is -2.74. The van der Waals surface area contributed by atoms with Crippen LogP contribution in [-0.2, 0) is 4.79 Å². The first-order chi connectivity index (χ1) is 9.99. The van der Waals surface area contributed by atoms with Crippen LogP contribution in [0.2, 0.25) is 0 Å². The highest BCUT2D eigenvalue weighted by molar-refractivity contribution is 5.94. The maximum Gasteiger partial charge on any atom is 0.328 e. The third-order valence-corrected chi connectivity index (χ3v) is 2.75. The minimum atomic E-state index is -1.40. The lowest BCUT2D eigenvalue weighted by Gasteiger charge is -2.15. The zero-order valence-corrected chi connectivity index (χ0v) is 11.2. The maximum atomic E-state index is 11.9. The van der Waals surface area contributed by atoms with Gasteiger partial charge < -0.3 is 15.5 Å². The van der Waals surface area contributed by atoms with Gasteiger partial charge in [0.1, 0.15) is 0 Å². The van der Waals surface area contributed by atoms with Crippen LogP contribution in [-0.4, -0.2) is 49.2 Å². The molecule has 0 aliphatic carbocycles. The highest BCUT2D eigenvalue weighted by Crippen LogP contribution is 2.04. The van der Waals surface area contributed by atoms with E-state index in [1.807, 2.05) is 6.07 Å². The van der Waals surface area contributed by atoms with Gasteiger partial charge in [-0.2, -0.15) is 9.90 Å². The second-order valence-electron chi connectivity index (χ2n) is 4.38. The highest BCUT2D eigenvalue weighted by atomic mass is 16.4. The predicted molar refractivity (Wildman–Crippen MR) is 71.9 cm³/mol. The van der Waals surface area contributed by atoms with Gasteiger partial charge in [0.2, 0.25) is 0 Å². The summed E-state index contributed by atoms with van der Waals surface area (Å²) in [6.07, 6.45) is -0.000798. The molecule has 0 aliphatic rings. The van der Waals surface area contributed by atoms with Crippen molar-refractivity contribution in [2.45, 2.75) is 19.1 Å². The van der Waals surface area contributed by atoms with Gasteiger partial charge in [0.25, 0.3) is 5.91 Å². The van der Waals surface area contributed by atoms with Crippen LogP contribution in [0.5, 0.6) is 0 Å². The predicted octanol–water partition coefficient (Wildman–Crippen LogP) is -0.169. The van der Waals surface area contributed by atoms with E-state index < -0.39 is 24.0 Å². The number of aliphatic hydroxyl groups excluding tert-OH is 1. The molecule has 1 heterocycles. The number of carboxylic acids is 1. The van der Waals surface area contributed by atoms with Crippen molar-refractivity contribution in [3.8, 4) is 5.69 Å². The molecule has 8 nitrogen and oxygen atoms in total. The normalized spacial score (nSPS) is 13.4. The SMILES string of the molecule is CC(O)C(NC(=O)c1cnn(-c2ccccc2)n1)C(=O)O. The van der Waals surface area contributed by atoms with Gasteiger partial charge in [-0.05, 0) is 19.1 Å². The number of rotatable bonds is 5. The van der Waals surface area contributed by atoms with Crippen molar-refractivity contribution in [3.63, 3.8) is 0 Å². The van der Waals surface area contributed by atoms with Crippen LogP contribution in [0.4, 0.5) is 0 Å². The molecule has 0 bridgehead atoms. The van der Waals surface area contributed by atoms with E-state index in [9.17, 15) is 14.7 Å². The van der Waals surface area contributed by atoms with Crippen molar-refractivity contribution < 1.29 is 19.8 Å². The largest absolute Gasteiger partial charge is 0.480 e. The number of nitrogens with zero attached hydrogens (tertiary/aromatic N) is 3. The molecule has 1 aromatic heterocycles. The molecule has 2 atom stereocenters. The zero-order valence-electron chi connectivity index (χ0n) is 11.2. The van der Waals surface area contributed by atoms with E-state index in [1.165, 1.54) is 17.9 Å². The summed E-state index contributed by atoms with van der Waals surface area (Å²) in [5.74, 6) is -2.04. The van der Waals surface area contributed by atoms with Gasteiger partial charge >= 0.3 is 5.97 Å². The van der Waals surface area contributed by atoms with Gasteiger partial charge in [0.05, 0.1) is 18.0 Å². The lowest BCUT2D eigenvalue weighted by Crippen LogP contribution is -2.47. The van der Waals surface area contributed by atoms with Crippen LogP contribution in [0.3, 0.4) is 0 Å². The average Bonchev–Trinajstić information content (AvgIpc) is 2.94. The fraction of sp³-hybridized carbons (Fsp3) is 0.231. The van der Waals surface area contributed by atoms with Crippen LogP contribution in [0.1, 0.15) is 17.4 Å². The lowest BCUT2D eigenvalue weighted by atomic mass is 10.2. The number of para-hydroxylation sites is 1. The number of carboxylic acid groups (broad SMARTS) is 1. The Kier molecular flexibility index (Phi) is 4.29. The Morgan fingerprint density at radius 3 is 2.52 bits per heavy atom. The molecular weight excluding hydrogens is 276 g/mol. The van der Waals surface area contributed by atoms with E-state index in [-0.39, 0.29) is 5.69 Å². The highest BCUT2D eigenvalue weighted by Gasteiger charge is 2.26. The Morgan fingerprint density at radius 1 is 1.29 bits per heavy atom. The first kappa shape index (κ1) is 14.7. The molecular formula is C13H14N4O4. The van der Waals surface area contributed by atoms with Crippen LogP contribution >= 0.6 is 0 Å². The van der Waals surface area contributed by atoms with E-state index in [4.69, 9.17) is 5.11 Å². The van der Waals surface area contributed by atoms with Gasteiger partial charge in [-0.3, -0.25) is 4.79 Å². The summed E-state index contributed by atoms with van der Waals surface area (Å²) in [6.45, 7) is 1.28. The quantitative estimate of drug-likeness (QED) is 0.704. The molecule has 3 N–H and O–H groups in total. The summed E-state index contributed by atoms with van der Waals surface area (Å²) in [6, 6.07) is 7.55. The Bertz CT molecular complexity index is 639. The third kappa shape index (κ3) is 3.42. The molecule has 0 aliphatic heterocycles. The second kappa shape index (κ2) is 6.14. The molecule has 1 aromatic carbocycles. The number of aliphatic carboxylic acids is 1. The Labute approximate surface area is 120 Å². The molecule has 0 spiro atoms. The maximum absolute atomic E-state index is 11.9. The molecule has 0 saturated heterocycles. The van der Waals surface area contributed by atoms with Crippen molar-refractivity contribution in [2.24, 2.45) is 0 Å². The van der Waals surface area contributed by atoms with Crippen LogP contribution < -0.4 is 5.32 Å². The number of benzene rings is 1. The molecule has 110 valence electrons. The van der Waals surface area contributed by atoms with Gasteiger partial charge in [-0.1, -0.05) is 18.2 Å². The van der Waals surface area contributed by atoms with Gasteiger partial charge in [-0.15, -0.1) is 5.10 Å². The number of carbonyl (C=O) groups is 2. The van der Waals surface area contributed by atoms with Gasteiger partial charge in [0, 0.05) is 0 Å². The summed E-state index contributed by atoms with van der Waals surface area (Å²) >= 11 is 0. The monoisotopic (exact) mass is 290 g/mol. The van der Waals surface area contributed by atoms with Crippen molar-refractivity contribution in [1.29, 1.82) is 0 Å². The summed E-state index contributed by atoms with van der Waals surface area (Å²) < 4.78 is 0. The Morgan fingerprint density at radius 2 is 1.95 bits per heavy atom. The fourth-order valence-electron chi connectivity index (χ4n) is 1.66. The number of nitrogens with one attached hydrogen (secondary N) is 1. The first-order valence-electron chi connectivity index (χ1n) is 6.18. The Balaban J connectivity index is 2.14. The summed E-state index contributed by atoms with van der Waals surface area (Å²) in [5.41, 5.74) is 0.632. The molecule has 0 fully saturated rings. The van der Waals surface area contributed by atoms with E-state index in [0.29, 0.717) is 5.69 Å². The van der Waals surface area contributed by atoms with Gasteiger partial charge in [0.15, 0.2) is 11.7 Å². The molecule has 2 aromatic rings. The molecule has 0 saturated carbocycles. The number of aromatic nitrogens is 3. The van der Waals surface area contributed by atoms with Crippen molar-refractivity contribution >= 4 is 11.9 Å². The average molecular weight is 290 g/mol. The molecule has 0 radical (unpaired) electrons. The summed E-state index contributed by atoms with van der Waals surface area (Å²) in [4.78, 5) is 24.1. The van der Waals surface area contributed by atoms with Crippen LogP contribution in [0, 0.1) is 0 Å².